The van der Waals surface area contributed by atoms with Crippen LogP contribution in [0.1, 0.15) is 38.4 Å². The number of amides is 2. The molecule has 2 heterocycles. The van der Waals surface area contributed by atoms with Crippen molar-refractivity contribution in [2.75, 3.05) is 5.73 Å². The highest BCUT2D eigenvalue weighted by Crippen LogP contribution is 2.16. The molecule has 104 valence electrons. The van der Waals surface area contributed by atoms with Gasteiger partial charge in [-0.25, -0.2) is 4.98 Å². The zero-order chi connectivity index (χ0) is 14.6. The van der Waals surface area contributed by atoms with Crippen LogP contribution in [0.3, 0.4) is 0 Å². The van der Waals surface area contributed by atoms with Crippen LogP contribution < -0.4 is 16.6 Å². The number of hydrogen-bond donors (Lipinski definition) is 2. The van der Waals surface area contributed by atoms with Crippen LogP contribution in [0, 0.1) is 6.92 Å². The van der Waals surface area contributed by atoms with Gasteiger partial charge in [-0.2, -0.15) is 0 Å². The van der Waals surface area contributed by atoms with Gasteiger partial charge < -0.3 is 5.73 Å². The van der Waals surface area contributed by atoms with Gasteiger partial charge in [-0.15, -0.1) is 0 Å². The van der Waals surface area contributed by atoms with E-state index >= 15 is 0 Å². The Morgan fingerprint density at radius 3 is 2.58 bits per heavy atom. The first kappa shape index (κ1) is 14.9. The van der Waals surface area contributed by atoms with E-state index in [1.54, 1.807) is 6.92 Å². The van der Waals surface area contributed by atoms with Crippen LogP contribution in [0.25, 0.3) is 0 Å². The molecule has 1 aromatic rings. The molecule has 2 amide bonds. The zero-order valence-electron chi connectivity index (χ0n) is 11.3. The smallest absolute Gasteiger partial charge is 0.277 e. The molecule has 7 heteroatoms. The molecule has 0 saturated carbocycles. The van der Waals surface area contributed by atoms with Crippen molar-refractivity contribution in [3.8, 4) is 0 Å². The maximum Gasteiger partial charge on any atom is 0.277 e. The molecule has 7 nitrogen and oxygen atoms in total. The van der Waals surface area contributed by atoms with Crippen molar-refractivity contribution in [1.29, 1.82) is 0 Å². The topological polar surface area (TPSA) is 107 Å². The lowest BCUT2D eigenvalue weighted by Gasteiger charge is -2.22. The van der Waals surface area contributed by atoms with Gasteiger partial charge in [0.25, 0.3) is 5.56 Å². The Bertz CT molecular complexity index is 550. The van der Waals surface area contributed by atoms with E-state index < -0.39 is 17.5 Å². The van der Waals surface area contributed by atoms with Crippen LogP contribution in [0.2, 0.25) is 0 Å². The Morgan fingerprint density at radius 1 is 1.37 bits per heavy atom. The number of carbonyl (C=O) groups excluding carboxylic acids is 2. The van der Waals surface area contributed by atoms with E-state index in [4.69, 9.17) is 5.73 Å². The largest absolute Gasteiger partial charge is 0.393 e. The molecule has 19 heavy (non-hydrogen) atoms. The Morgan fingerprint density at radius 2 is 2.00 bits per heavy atom. The normalized spacial score (nSPS) is 18.4. The van der Waals surface area contributed by atoms with Crippen molar-refractivity contribution in [1.82, 2.24) is 14.9 Å². The van der Waals surface area contributed by atoms with Crippen LogP contribution >= 0.6 is 0 Å². The molecule has 0 aliphatic carbocycles. The van der Waals surface area contributed by atoms with Crippen molar-refractivity contribution >= 4 is 17.5 Å². The number of anilines is 1. The Labute approximate surface area is 110 Å². The molecule has 0 aromatic carbocycles. The number of aromatic nitrogens is 2. The lowest BCUT2D eigenvalue weighted by atomic mass is 10.1. The molecule has 1 aliphatic heterocycles. The molecular weight excluding hydrogens is 248 g/mol. The molecular formula is C12H18N4O3. The molecule has 0 bridgehead atoms. The third kappa shape index (κ3) is 2.98. The number of aryl methyl sites for hydroxylation is 1. The van der Waals surface area contributed by atoms with Crippen LogP contribution in [-0.4, -0.2) is 21.4 Å². The summed E-state index contributed by atoms with van der Waals surface area (Å²) in [5.74, 6) is -0.819. The molecule has 1 saturated heterocycles. The molecule has 3 N–H and O–H groups in total. The Hall–Kier alpha value is -2.18. The molecule has 1 aromatic heterocycles. The predicted octanol–water partition coefficient (Wildman–Crippen LogP) is 0.138. The SMILES string of the molecule is CC.Cc1ncn(C2CCC(=O)NC2=O)c(=O)c1N. The number of imide groups is 1. The van der Waals surface area contributed by atoms with E-state index in [9.17, 15) is 14.4 Å². The summed E-state index contributed by atoms with van der Waals surface area (Å²) in [4.78, 5) is 38.4. The van der Waals surface area contributed by atoms with Gasteiger partial charge in [0.15, 0.2) is 0 Å². The van der Waals surface area contributed by atoms with Gasteiger partial charge in [0, 0.05) is 6.42 Å². The Kier molecular flexibility index (Phi) is 4.80. The van der Waals surface area contributed by atoms with Crippen LogP contribution in [-0.2, 0) is 9.59 Å². The molecule has 2 rings (SSSR count). The van der Waals surface area contributed by atoms with Crippen molar-refractivity contribution in [3.63, 3.8) is 0 Å². The minimum Gasteiger partial charge on any atom is -0.393 e. The highest BCUT2D eigenvalue weighted by Gasteiger charge is 2.29. The summed E-state index contributed by atoms with van der Waals surface area (Å²) in [5, 5.41) is 2.18. The second kappa shape index (κ2) is 6.12. The number of carbonyl (C=O) groups is 2. The van der Waals surface area contributed by atoms with Gasteiger partial charge in [-0.05, 0) is 13.3 Å². The highest BCUT2D eigenvalue weighted by molar-refractivity contribution is 5.99. The third-order valence-electron chi connectivity index (χ3n) is 2.78. The van der Waals surface area contributed by atoms with E-state index in [0.29, 0.717) is 5.69 Å². The quantitative estimate of drug-likeness (QED) is 0.703. The summed E-state index contributed by atoms with van der Waals surface area (Å²) in [7, 11) is 0. The lowest BCUT2D eigenvalue weighted by Crippen LogP contribution is -2.44. The van der Waals surface area contributed by atoms with E-state index in [1.807, 2.05) is 13.8 Å². The number of nitrogen functional groups attached to an aromatic ring is 1. The average molecular weight is 266 g/mol. The second-order valence-electron chi connectivity index (χ2n) is 3.92. The first-order chi connectivity index (χ1) is 9.00. The molecule has 0 spiro atoms. The lowest BCUT2D eigenvalue weighted by molar-refractivity contribution is -0.135. The number of hydrogen-bond acceptors (Lipinski definition) is 5. The van der Waals surface area contributed by atoms with Crippen LogP contribution in [0.5, 0.6) is 0 Å². The maximum atomic E-state index is 11.8. The number of nitrogens with one attached hydrogen (secondary N) is 1. The molecule has 1 atom stereocenters. The van der Waals surface area contributed by atoms with Crippen molar-refractivity contribution in [3.05, 3.63) is 22.4 Å². The summed E-state index contributed by atoms with van der Waals surface area (Å²) in [6, 6.07) is -0.712. The predicted molar refractivity (Wildman–Crippen MR) is 70.4 cm³/mol. The summed E-state index contributed by atoms with van der Waals surface area (Å²) >= 11 is 0. The second-order valence-corrected chi connectivity index (χ2v) is 3.92. The van der Waals surface area contributed by atoms with Gasteiger partial charge >= 0.3 is 0 Å². The minimum absolute atomic E-state index is 0.0252. The minimum atomic E-state index is -0.712. The van der Waals surface area contributed by atoms with Gasteiger partial charge in [-0.1, -0.05) is 13.8 Å². The molecule has 1 aliphatic rings. The van der Waals surface area contributed by atoms with Crippen molar-refractivity contribution in [2.45, 2.75) is 39.7 Å². The standard InChI is InChI=1S/C10H12N4O3.C2H6/c1-5-8(11)10(17)14(4-12-5)6-2-3-7(15)13-9(6)16;1-2/h4,6H,2-3,11H2,1H3,(H,13,15,16);1-2H3. The third-order valence-corrected chi connectivity index (χ3v) is 2.78. The number of nitrogens with zero attached hydrogens (tertiary/aromatic N) is 2. The summed E-state index contributed by atoms with van der Waals surface area (Å²) in [5.41, 5.74) is 5.57. The zero-order valence-corrected chi connectivity index (χ0v) is 11.3. The molecule has 1 unspecified atom stereocenters. The molecule has 1 fully saturated rings. The number of piperidine rings is 1. The van der Waals surface area contributed by atoms with Gasteiger partial charge in [-0.3, -0.25) is 24.3 Å². The monoisotopic (exact) mass is 266 g/mol. The maximum absolute atomic E-state index is 11.8. The summed E-state index contributed by atoms with van der Waals surface area (Å²) in [6.07, 6.45) is 1.78. The van der Waals surface area contributed by atoms with Crippen LogP contribution in [0.15, 0.2) is 11.1 Å². The van der Waals surface area contributed by atoms with Crippen molar-refractivity contribution < 1.29 is 9.59 Å². The van der Waals surface area contributed by atoms with Crippen LogP contribution in [0.4, 0.5) is 5.69 Å². The van der Waals surface area contributed by atoms with E-state index in [-0.39, 0.29) is 24.4 Å². The van der Waals surface area contributed by atoms with E-state index in [1.165, 1.54) is 10.9 Å². The fourth-order valence-electron chi connectivity index (χ4n) is 1.73. The fraction of sp³-hybridized carbons (Fsp3) is 0.500. The van der Waals surface area contributed by atoms with Gasteiger partial charge in [0.2, 0.25) is 11.8 Å². The van der Waals surface area contributed by atoms with E-state index in [0.717, 1.165) is 0 Å². The average Bonchev–Trinajstić information content (AvgIpc) is 2.40. The number of nitrogens with two attached hydrogens (primary N) is 1. The Balaban J connectivity index is 0.000000861. The highest BCUT2D eigenvalue weighted by atomic mass is 16.2. The first-order valence-electron chi connectivity index (χ1n) is 6.17. The van der Waals surface area contributed by atoms with E-state index in [2.05, 4.69) is 10.3 Å². The van der Waals surface area contributed by atoms with Crippen molar-refractivity contribution in [2.24, 2.45) is 0 Å². The van der Waals surface area contributed by atoms with Gasteiger partial charge in [0.1, 0.15) is 11.7 Å². The first-order valence-corrected chi connectivity index (χ1v) is 6.17. The molecule has 0 radical (unpaired) electrons. The van der Waals surface area contributed by atoms with Gasteiger partial charge in [0.05, 0.1) is 12.0 Å². The fourth-order valence-corrected chi connectivity index (χ4v) is 1.73. The summed E-state index contributed by atoms with van der Waals surface area (Å²) < 4.78 is 1.17. The number of rotatable bonds is 1. The summed E-state index contributed by atoms with van der Waals surface area (Å²) in [6.45, 7) is 5.62.